The molecule has 0 atom stereocenters. The molecule has 24 heavy (non-hydrogen) atoms. The molecule has 3 rings (SSSR count). The molecule has 1 heterocycles. The van der Waals surface area contributed by atoms with Gasteiger partial charge in [0.15, 0.2) is 5.76 Å². The average molecular weight is 320 g/mol. The maximum Gasteiger partial charge on any atom is 0.251 e. The molecule has 0 saturated carbocycles. The lowest BCUT2D eigenvalue weighted by Crippen LogP contribution is -2.23. The number of carbonyl (C=O) groups excluding carboxylic acids is 1. The third-order valence-corrected chi connectivity index (χ3v) is 3.81. The molecule has 0 spiro atoms. The third kappa shape index (κ3) is 3.71. The van der Waals surface area contributed by atoms with E-state index in [9.17, 15) is 4.79 Å². The van der Waals surface area contributed by atoms with Crippen LogP contribution < -0.4 is 5.32 Å². The van der Waals surface area contributed by atoms with Crippen LogP contribution in [0.5, 0.6) is 0 Å². The largest absolute Gasteiger partial charge is 0.356 e. The lowest BCUT2D eigenvalue weighted by molar-refractivity contribution is 0.0950. The summed E-state index contributed by atoms with van der Waals surface area (Å²) in [6.07, 6.45) is 0. The minimum atomic E-state index is -0.110. The number of nitrogens with zero attached hydrogens (tertiary/aromatic N) is 1. The number of hydrogen-bond acceptors (Lipinski definition) is 3. The molecular formula is C20H20N2O2. The van der Waals surface area contributed by atoms with E-state index in [-0.39, 0.29) is 5.91 Å². The summed E-state index contributed by atoms with van der Waals surface area (Å²) in [5, 5.41) is 6.91. The first-order valence-corrected chi connectivity index (χ1v) is 7.90. The van der Waals surface area contributed by atoms with E-state index in [1.54, 1.807) is 0 Å². The van der Waals surface area contributed by atoms with Gasteiger partial charge in [-0.3, -0.25) is 4.79 Å². The van der Waals surface area contributed by atoms with Crippen molar-refractivity contribution in [3.63, 3.8) is 0 Å². The number of benzene rings is 2. The summed E-state index contributed by atoms with van der Waals surface area (Å²) in [5.74, 6) is 0.590. The summed E-state index contributed by atoms with van der Waals surface area (Å²) in [5.41, 5.74) is 5.67. The van der Waals surface area contributed by atoms with Gasteiger partial charge in [-0.15, -0.1) is 0 Å². The summed E-state index contributed by atoms with van der Waals surface area (Å²) in [6.45, 7) is 6.34. The van der Waals surface area contributed by atoms with Gasteiger partial charge < -0.3 is 9.84 Å². The molecule has 0 aliphatic heterocycles. The van der Waals surface area contributed by atoms with Crippen molar-refractivity contribution < 1.29 is 9.32 Å². The zero-order chi connectivity index (χ0) is 17.1. The maximum absolute atomic E-state index is 12.3. The first kappa shape index (κ1) is 16.0. The molecular weight excluding hydrogens is 300 g/mol. The van der Waals surface area contributed by atoms with Gasteiger partial charge in [0.05, 0.1) is 6.54 Å². The Balaban J connectivity index is 1.67. The highest BCUT2D eigenvalue weighted by molar-refractivity contribution is 5.94. The number of aryl methyl sites for hydroxylation is 3. The molecule has 0 fully saturated rings. The number of hydrogen-bond donors (Lipinski definition) is 1. The Kier molecular flexibility index (Phi) is 4.47. The predicted molar refractivity (Wildman–Crippen MR) is 93.8 cm³/mol. The second-order valence-electron chi connectivity index (χ2n) is 6.11. The van der Waals surface area contributed by atoms with Crippen molar-refractivity contribution in [2.75, 3.05) is 0 Å². The first-order chi connectivity index (χ1) is 11.5. The minimum absolute atomic E-state index is 0.110. The number of rotatable bonds is 4. The van der Waals surface area contributed by atoms with Crippen LogP contribution in [0.15, 0.2) is 53.1 Å². The smallest absolute Gasteiger partial charge is 0.251 e. The van der Waals surface area contributed by atoms with Crippen LogP contribution in [0.3, 0.4) is 0 Å². The Hall–Kier alpha value is -2.88. The summed E-state index contributed by atoms with van der Waals surface area (Å²) in [7, 11) is 0. The van der Waals surface area contributed by atoms with E-state index in [2.05, 4.69) is 10.5 Å². The fraction of sp³-hybridized carbons (Fsp3) is 0.200. The van der Waals surface area contributed by atoms with Gasteiger partial charge in [-0.2, -0.15) is 0 Å². The Morgan fingerprint density at radius 2 is 1.62 bits per heavy atom. The van der Waals surface area contributed by atoms with Crippen LogP contribution in [0, 0.1) is 20.8 Å². The Labute approximate surface area is 141 Å². The first-order valence-electron chi connectivity index (χ1n) is 7.90. The predicted octanol–water partition coefficient (Wildman–Crippen LogP) is 4.20. The lowest BCUT2D eigenvalue weighted by Gasteiger charge is -2.05. The van der Waals surface area contributed by atoms with Gasteiger partial charge in [-0.1, -0.05) is 52.2 Å². The van der Waals surface area contributed by atoms with E-state index in [1.165, 1.54) is 5.56 Å². The number of amides is 1. The molecule has 3 aromatic rings. The SMILES string of the molecule is Cc1ccc(-c2cc(CNC(=O)c3cc(C)cc(C)c3)no2)cc1. The van der Waals surface area contributed by atoms with Crippen LogP contribution >= 0.6 is 0 Å². The molecule has 1 aromatic heterocycles. The van der Waals surface area contributed by atoms with Gasteiger partial charge in [0.1, 0.15) is 5.69 Å². The van der Waals surface area contributed by atoms with Crippen LogP contribution in [-0.4, -0.2) is 11.1 Å². The fourth-order valence-electron chi connectivity index (χ4n) is 2.63. The van der Waals surface area contributed by atoms with Gasteiger partial charge in [0, 0.05) is 17.2 Å². The quantitative estimate of drug-likeness (QED) is 0.784. The van der Waals surface area contributed by atoms with Crippen LogP contribution in [0.25, 0.3) is 11.3 Å². The molecule has 0 radical (unpaired) electrons. The summed E-state index contributed by atoms with van der Waals surface area (Å²) < 4.78 is 5.37. The van der Waals surface area contributed by atoms with E-state index in [4.69, 9.17) is 4.52 Å². The van der Waals surface area contributed by atoms with Crippen molar-refractivity contribution in [1.29, 1.82) is 0 Å². The summed E-state index contributed by atoms with van der Waals surface area (Å²) in [6, 6.07) is 15.7. The number of aromatic nitrogens is 1. The van der Waals surface area contributed by atoms with Crippen molar-refractivity contribution >= 4 is 5.91 Å². The Morgan fingerprint density at radius 3 is 2.29 bits per heavy atom. The van der Waals surface area contributed by atoms with Gasteiger partial charge in [-0.25, -0.2) is 0 Å². The van der Waals surface area contributed by atoms with Crippen molar-refractivity contribution in [2.24, 2.45) is 0 Å². The zero-order valence-electron chi connectivity index (χ0n) is 14.1. The van der Waals surface area contributed by atoms with E-state index in [1.807, 2.05) is 69.3 Å². The molecule has 1 amide bonds. The van der Waals surface area contributed by atoms with Crippen molar-refractivity contribution in [2.45, 2.75) is 27.3 Å². The monoisotopic (exact) mass is 320 g/mol. The van der Waals surface area contributed by atoms with Crippen LogP contribution in [0.2, 0.25) is 0 Å². The molecule has 0 aliphatic carbocycles. The van der Waals surface area contributed by atoms with E-state index < -0.39 is 0 Å². The topological polar surface area (TPSA) is 55.1 Å². The van der Waals surface area contributed by atoms with Gasteiger partial charge in [0.25, 0.3) is 5.91 Å². The fourth-order valence-corrected chi connectivity index (χ4v) is 2.63. The molecule has 0 saturated heterocycles. The highest BCUT2D eigenvalue weighted by atomic mass is 16.5. The molecule has 122 valence electrons. The minimum Gasteiger partial charge on any atom is -0.356 e. The summed E-state index contributed by atoms with van der Waals surface area (Å²) in [4.78, 5) is 12.3. The zero-order valence-corrected chi connectivity index (χ0v) is 14.1. The normalized spacial score (nSPS) is 10.6. The standard InChI is InChI=1S/C20H20N2O2/c1-13-4-6-16(7-5-13)19-11-18(22-24-19)12-21-20(23)17-9-14(2)8-15(3)10-17/h4-11H,12H2,1-3H3,(H,21,23). The molecule has 0 unspecified atom stereocenters. The highest BCUT2D eigenvalue weighted by Crippen LogP contribution is 2.20. The number of nitrogens with one attached hydrogen (secondary N) is 1. The Bertz CT molecular complexity index is 843. The van der Waals surface area contributed by atoms with Crippen LogP contribution in [0.1, 0.15) is 32.7 Å². The van der Waals surface area contributed by atoms with Gasteiger partial charge in [-0.05, 0) is 32.9 Å². The van der Waals surface area contributed by atoms with Crippen molar-refractivity contribution in [1.82, 2.24) is 10.5 Å². The van der Waals surface area contributed by atoms with Crippen molar-refractivity contribution in [3.05, 3.63) is 76.5 Å². The Morgan fingerprint density at radius 1 is 0.958 bits per heavy atom. The average Bonchev–Trinajstić information content (AvgIpc) is 3.01. The lowest BCUT2D eigenvalue weighted by atomic mass is 10.1. The molecule has 2 aromatic carbocycles. The van der Waals surface area contributed by atoms with E-state index >= 15 is 0 Å². The number of carbonyl (C=O) groups is 1. The maximum atomic E-state index is 12.3. The van der Waals surface area contributed by atoms with Crippen LogP contribution in [-0.2, 0) is 6.54 Å². The highest BCUT2D eigenvalue weighted by Gasteiger charge is 2.10. The van der Waals surface area contributed by atoms with Gasteiger partial charge >= 0.3 is 0 Å². The summed E-state index contributed by atoms with van der Waals surface area (Å²) >= 11 is 0. The van der Waals surface area contributed by atoms with E-state index in [0.717, 1.165) is 16.7 Å². The molecule has 0 aliphatic rings. The molecule has 4 heteroatoms. The van der Waals surface area contributed by atoms with Crippen molar-refractivity contribution in [3.8, 4) is 11.3 Å². The third-order valence-electron chi connectivity index (χ3n) is 3.81. The molecule has 4 nitrogen and oxygen atoms in total. The molecule has 1 N–H and O–H groups in total. The molecule has 0 bridgehead atoms. The van der Waals surface area contributed by atoms with Crippen LogP contribution in [0.4, 0.5) is 0 Å². The second kappa shape index (κ2) is 6.71. The second-order valence-corrected chi connectivity index (χ2v) is 6.11. The van der Waals surface area contributed by atoms with Gasteiger partial charge in [0.2, 0.25) is 0 Å². The van der Waals surface area contributed by atoms with E-state index in [0.29, 0.717) is 23.6 Å².